The van der Waals surface area contributed by atoms with Crippen LogP contribution in [-0.2, 0) is 11.0 Å². The number of hydrogen-bond donors (Lipinski definition) is 2. The molecule has 1 atom stereocenters. The maximum absolute atomic E-state index is 12.9. The summed E-state index contributed by atoms with van der Waals surface area (Å²) in [7, 11) is 0.486. The molecule has 0 radical (unpaired) electrons. The standard InChI is InChI=1S/C29H38N4O2S2.C2H6/c1-7-25(33-15-13-32(6)14-16-33)19-23-8-9-24(18-21(23)2)27-11-10-26(36-27)22(3)28(20-30)37(35)31-29(4,5)12-17-34;1-2/h7-11,18-19,31,34H,2,12-17H2,1,3-6H3;1-2H3/b23-19-,25-7+,28-22+;. The van der Waals surface area contributed by atoms with Gasteiger partial charge in [0.2, 0.25) is 0 Å². The summed E-state index contributed by atoms with van der Waals surface area (Å²) >= 11 is 1.57. The van der Waals surface area contributed by atoms with E-state index in [4.69, 9.17) is 0 Å². The van der Waals surface area contributed by atoms with Crippen LogP contribution in [0.15, 0.2) is 47.0 Å². The van der Waals surface area contributed by atoms with Crippen molar-refractivity contribution in [2.24, 2.45) is 0 Å². The van der Waals surface area contributed by atoms with Gasteiger partial charge in [-0.1, -0.05) is 38.6 Å². The molecule has 2 heterocycles. The third-order valence-corrected chi connectivity index (χ3v) is 9.36. The average molecular weight is 569 g/mol. The Balaban J connectivity index is 0.00000260. The Morgan fingerprint density at radius 1 is 1.23 bits per heavy atom. The Labute approximate surface area is 241 Å². The van der Waals surface area contributed by atoms with E-state index in [1.165, 1.54) is 5.70 Å². The van der Waals surface area contributed by atoms with Crippen molar-refractivity contribution in [3.05, 3.63) is 62.3 Å². The van der Waals surface area contributed by atoms with Crippen molar-refractivity contribution < 1.29 is 9.32 Å². The summed E-state index contributed by atoms with van der Waals surface area (Å²) in [4.78, 5) is 6.93. The molecule has 1 unspecified atom stereocenters. The average Bonchev–Trinajstić information content (AvgIpc) is 3.40. The maximum Gasteiger partial charge on any atom is 0.136 e. The molecule has 0 aliphatic carbocycles. The second-order valence-electron chi connectivity index (χ2n) is 10.0. The van der Waals surface area contributed by atoms with Crippen molar-refractivity contribution in [1.29, 1.82) is 5.26 Å². The van der Waals surface area contributed by atoms with Crippen LogP contribution in [0.25, 0.3) is 28.7 Å². The van der Waals surface area contributed by atoms with Crippen molar-refractivity contribution in [2.45, 2.75) is 53.5 Å². The summed E-state index contributed by atoms with van der Waals surface area (Å²) < 4.78 is 15.9. The smallest absolute Gasteiger partial charge is 0.136 e. The second-order valence-corrected chi connectivity index (χ2v) is 12.3. The molecule has 3 rings (SSSR count). The van der Waals surface area contributed by atoms with Crippen LogP contribution in [0.2, 0.25) is 0 Å². The van der Waals surface area contributed by atoms with E-state index in [0.29, 0.717) is 12.0 Å². The minimum Gasteiger partial charge on any atom is -0.396 e. The van der Waals surface area contributed by atoms with Gasteiger partial charge in [0.1, 0.15) is 22.0 Å². The Morgan fingerprint density at radius 3 is 2.46 bits per heavy atom. The number of benzene rings is 1. The highest BCUT2D eigenvalue weighted by atomic mass is 32.2. The molecule has 1 aliphatic heterocycles. The third-order valence-electron chi connectivity index (χ3n) is 6.60. The molecule has 0 spiro atoms. The van der Waals surface area contributed by atoms with Crippen LogP contribution in [0.4, 0.5) is 0 Å². The lowest BCUT2D eigenvalue weighted by Gasteiger charge is -2.34. The fourth-order valence-electron chi connectivity index (χ4n) is 4.18. The van der Waals surface area contributed by atoms with Crippen LogP contribution in [0.3, 0.4) is 0 Å². The second kappa shape index (κ2) is 15.3. The molecule has 1 aromatic carbocycles. The van der Waals surface area contributed by atoms with E-state index in [1.807, 2.05) is 46.8 Å². The first-order chi connectivity index (χ1) is 18.6. The lowest BCUT2D eigenvalue weighted by molar-refractivity contribution is 0.192. The van der Waals surface area contributed by atoms with Gasteiger partial charge in [0.05, 0.1) is 0 Å². The van der Waals surface area contributed by atoms with Crippen molar-refractivity contribution in [2.75, 3.05) is 39.8 Å². The fourth-order valence-corrected chi connectivity index (χ4v) is 6.43. The van der Waals surface area contributed by atoms with Gasteiger partial charge in [-0.2, -0.15) is 5.26 Å². The number of nitrogens with zero attached hydrogens (tertiary/aromatic N) is 3. The van der Waals surface area contributed by atoms with Crippen LogP contribution in [0.1, 0.15) is 52.8 Å². The quantitative estimate of drug-likeness (QED) is 0.437. The minimum absolute atomic E-state index is 0.0210. The van der Waals surface area contributed by atoms with E-state index in [0.717, 1.165) is 51.9 Å². The monoisotopic (exact) mass is 568 g/mol. The number of nitriles is 1. The van der Waals surface area contributed by atoms with Gasteiger partial charge in [-0.3, -0.25) is 0 Å². The highest BCUT2D eigenvalue weighted by Gasteiger charge is 2.23. The summed E-state index contributed by atoms with van der Waals surface area (Å²) in [5, 5.41) is 21.0. The molecule has 1 aromatic heterocycles. The number of rotatable bonds is 9. The molecular weight excluding hydrogens is 525 g/mol. The molecule has 0 saturated carbocycles. The number of aliphatic hydroxyl groups is 1. The van der Waals surface area contributed by atoms with Crippen LogP contribution in [0, 0.1) is 11.3 Å². The Bertz CT molecular complexity index is 1340. The molecule has 1 saturated heterocycles. The molecule has 212 valence electrons. The first-order valence-corrected chi connectivity index (χ1v) is 15.5. The van der Waals surface area contributed by atoms with Crippen molar-refractivity contribution in [3.63, 3.8) is 0 Å². The van der Waals surface area contributed by atoms with Gasteiger partial charge in [0, 0.05) is 53.8 Å². The number of aliphatic hydroxyl groups excluding tert-OH is 1. The van der Waals surface area contributed by atoms with E-state index in [-0.39, 0.29) is 11.5 Å². The van der Waals surface area contributed by atoms with E-state index in [1.54, 1.807) is 11.3 Å². The van der Waals surface area contributed by atoms with E-state index in [9.17, 15) is 14.6 Å². The fraction of sp³-hybridized carbons (Fsp3) is 0.452. The van der Waals surface area contributed by atoms with Gasteiger partial charge in [0.25, 0.3) is 0 Å². The van der Waals surface area contributed by atoms with E-state index < -0.39 is 16.5 Å². The van der Waals surface area contributed by atoms with E-state index in [2.05, 4.69) is 71.5 Å². The highest BCUT2D eigenvalue weighted by Crippen LogP contribution is 2.33. The predicted molar refractivity (Wildman–Crippen MR) is 168 cm³/mol. The summed E-state index contributed by atoms with van der Waals surface area (Å²) in [6, 6.07) is 12.4. The summed E-state index contributed by atoms with van der Waals surface area (Å²) in [5.74, 6) is 0. The zero-order valence-electron chi connectivity index (χ0n) is 24.5. The number of likely N-dealkylation sites (N-methyl/N-ethyl adjacent to an activating group) is 1. The van der Waals surface area contributed by atoms with Crippen molar-refractivity contribution in [1.82, 2.24) is 14.5 Å². The summed E-state index contributed by atoms with van der Waals surface area (Å²) in [6.07, 6.45) is 4.81. The summed E-state index contributed by atoms with van der Waals surface area (Å²) in [5.41, 5.74) is 2.42. The first-order valence-electron chi connectivity index (χ1n) is 13.5. The van der Waals surface area contributed by atoms with Crippen molar-refractivity contribution >= 4 is 40.6 Å². The molecule has 8 heteroatoms. The number of hydrogen-bond acceptors (Lipinski definition) is 6. The molecule has 39 heavy (non-hydrogen) atoms. The normalized spacial score (nSPS) is 16.7. The van der Waals surface area contributed by atoms with Gasteiger partial charge < -0.3 is 14.9 Å². The molecule has 2 N–H and O–H groups in total. The lowest BCUT2D eigenvalue weighted by atomic mass is 10.0. The Morgan fingerprint density at radius 2 is 1.90 bits per heavy atom. The highest BCUT2D eigenvalue weighted by molar-refractivity contribution is 7.87. The molecule has 0 bridgehead atoms. The zero-order valence-corrected chi connectivity index (χ0v) is 26.1. The molecule has 2 aromatic rings. The van der Waals surface area contributed by atoms with Crippen LogP contribution in [-0.4, -0.2) is 64.5 Å². The minimum atomic E-state index is -1.67. The van der Waals surface area contributed by atoms with Gasteiger partial charge in [-0.05, 0) is 87.0 Å². The molecular formula is C31H44N4O2S2. The SMILES string of the molecule is C=c1cc(-c2ccc(/C(C)=C(\C#N)S(=O)NC(C)(C)CCO)s2)cc/c1=C/C(=C\C)N1CCN(C)CC1.CC. The van der Waals surface area contributed by atoms with Gasteiger partial charge in [-0.15, -0.1) is 11.3 Å². The lowest BCUT2D eigenvalue weighted by Crippen LogP contribution is -2.43. The van der Waals surface area contributed by atoms with Crippen LogP contribution >= 0.6 is 11.3 Å². The van der Waals surface area contributed by atoms with Gasteiger partial charge >= 0.3 is 0 Å². The summed E-state index contributed by atoms with van der Waals surface area (Å²) in [6.45, 7) is 20.1. The van der Waals surface area contributed by atoms with E-state index >= 15 is 0 Å². The largest absolute Gasteiger partial charge is 0.396 e. The number of piperazine rings is 1. The van der Waals surface area contributed by atoms with Crippen molar-refractivity contribution in [3.8, 4) is 16.5 Å². The molecule has 1 aliphatic rings. The number of thiophene rings is 1. The Hall–Kier alpha value is -2.54. The van der Waals surface area contributed by atoms with Crippen LogP contribution < -0.4 is 15.2 Å². The third kappa shape index (κ3) is 8.99. The Kier molecular flexibility index (Phi) is 12.8. The maximum atomic E-state index is 12.9. The van der Waals surface area contributed by atoms with Gasteiger partial charge in [-0.25, -0.2) is 8.93 Å². The number of nitrogens with one attached hydrogen (secondary N) is 1. The molecule has 1 fully saturated rings. The zero-order chi connectivity index (χ0) is 29.2. The first kappa shape index (κ1) is 32.7. The number of allylic oxidation sites excluding steroid dienone is 4. The topological polar surface area (TPSA) is 79.6 Å². The predicted octanol–water partition coefficient (Wildman–Crippen LogP) is 4.45. The molecule has 0 amide bonds. The molecule has 6 nitrogen and oxygen atoms in total. The van der Waals surface area contributed by atoms with Crippen LogP contribution in [0.5, 0.6) is 0 Å². The van der Waals surface area contributed by atoms with Gasteiger partial charge in [0.15, 0.2) is 0 Å².